The molecule has 0 amide bonds. The molecule has 0 saturated heterocycles. The lowest BCUT2D eigenvalue weighted by molar-refractivity contribution is 0.537. The van der Waals surface area contributed by atoms with E-state index < -0.39 is 11.1 Å². The molecule has 2 N–H and O–H groups in total. The molecule has 130 valence electrons. The Kier molecular flexibility index (Phi) is 5.52. The number of aromatic nitrogens is 4. The fraction of sp³-hybridized carbons (Fsp3) is 0.235. The van der Waals surface area contributed by atoms with E-state index in [2.05, 4.69) is 32.9 Å². The van der Waals surface area contributed by atoms with Crippen LogP contribution in [0.3, 0.4) is 0 Å². The van der Waals surface area contributed by atoms with Crippen LogP contribution in [-0.2, 0) is 11.1 Å². The number of rotatable bonds is 7. The van der Waals surface area contributed by atoms with Gasteiger partial charge in [-0.25, -0.2) is 0 Å². The number of hydrogen-bond acceptors (Lipinski definition) is 6. The molecule has 3 rings (SSSR count). The van der Waals surface area contributed by atoms with E-state index in [1.54, 1.807) is 6.07 Å². The normalized spacial score (nSPS) is 12.1. The van der Waals surface area contributed by atoms with Crippen LogP contribution in [0, 0.1) is 0 Å². The molecule has 1 heterocycles. The maximum atomic E-state index is 11.9. The van der Waals surface area contributed by atoms with Crippen molar-refractivity contribution in [2.45, 2.75) is 24.7 Å². The van der Waals surface area contributed by atoms with Gasteiger partial charge in [-0.15, -0.1) is 10.2 Å². The van der Waals surface area contributed by atoms with Crippen LogP contribution >= 0.6 is 0 Å². The van der Waals surface area contributed by atoms with Crippen molar-refractivity contribution in [1.29, 1.82) is 0 Å². The third kappa shape index (κ3) is 3.92. The molecule has 1 atom stereocenters. The summed E-state index contributed by atoms with van der Waals surface area (Å²) in [4.78, 5) is 0.201. The highest BCUT2D eigenvalue weighted by molar-refractivity contribution is 7.79. The molecular formula is C17H18N5O2S-. The fourth-order valence-electron chi connectivity index (χ4n) is 2.60. The zero-order valence-electron chi connectivity index (χ0n) is 13.7. The predicted octanol–water partition coefficient (Wildman–Crippen LogP) is 2.98. The van der Waals surface area contributed by atoms with Crippen LogP contribution < -0.4 is 5.32 Å². The first kappa shape index (κ1) is 17.2. The molecule has 7 nitrogen and oxygen atoms in total. The minimum Gasteiger partial charge on any atom is -0.768 e. The quantitative estimate of drug-likeness (QED) is 0.498. The topological polar surface area (TPSA) is 107 Å². The summed E-state index contributed by atoms with van der Waals surface area (Å²) in [5.41, 5.74) is 2.81. The van der Waals surface area contributed by atoms with Crippen molar-refractivity contribution in [3.8, 4) is 22.5 Å². The fourth-order valence-corrected chi connectivity index (χ4v) is 3.22. The van der Waals surface area contributed by atoms with Crippen LogP contribution in [0.1, 0.15) is 19.8 Å². The summed E-state index contributed by atoms with van der Waals surface area (Å²) in [6.07, 6.45) is 2.02. The maximum Gasteiger partial charge on any atom is 0.204 e. The highest BCUT2D eigenvalue weighted by Gasteiger charge is 2.16. The van der Waals surface area contributed by atoms with Gasteiger partial charge in [0.1, 0.15) is 0 Å². The summed E-state index contributed by atoms with van der Waals surface area (Å²) in [7, 11) is 0. The lowest BCUT2D eigenvalue weighted by Gasteiger charge is -2.19. The molecule has 0 aliphatic rings. The average Bonchev–Trinajstić information content (AvgIpc) is 3.16. The largest absolute Gasteiger partial charge is 0.768 e. The van der Waals surface area contributed by atoms with Gasteiger partial charge in [-0.1, -0.05) is 43.7 Å². The van der Waals surface area contributed by atoms with Crippen molar-refractivity contribution in [3.05, 3.63) is 42.5 Å². The van der Waals surface area contributed by atoms with Crippen molar-refractivity contribution < 1.29 is 8.76 Å². The molecule has 0 radical (unpaired) electrons. The second-order valence-corrected chi connectivity index (χ2v) is 6.42. The van der Waals surface area contributed by atoms with E-state index in [9.17, 15) is 8.76 Å². The molecule has 0 spiro atoms. The number of tetrazole rings is 1. The molecule has 8 heteroatoms. The molecule has 0 fully saturated rings. The molecular weight excluding hydrogens is 338 g/mol. The van der Waals surface area contributed by atoms with E-state index in [0.717, 1.165) is 30.6 Å². The van der Waals surface area contributed by atoms with Gasteiger partial charge < -0.3 is 9.87 Å². The first-order chi connectivity index (χ1) is 12.2. The second kappa shape index (κ2) is 8.00. The molecule has 1 unspecified atom stereocenters. The van der Waals surface area contributed by atoms with Crippen molar-refractivity contribution in [3.63, 3.8) is 0 Å². The van der Waals surface area contributed by atoms with Crippen molar-refractivity contribution in [2.75, 3.05) is 11.9 Å². The monoisotopic (exact) mass is 356 g/mol. The van der Waals surface area contributed by atoms with E-state index in [-0.39, 0.29) is 4.90 Å². The van der Waals surface area contributed by atoms with E-state index >= 15 is 0 Å². The second-order valence-electron chi connectivity index (χ2n) is 5.51. The van der Waals surface area contributed by atoms with Crippen LogP contribution in [0.5, 0.6) is 0 Å². The summed E-state index contributed by atoms with van der Waals surface area (Å²) in [5.74, 6) is 0.352. The van der Waals surface area contributed by atoms with Gasteiger partial charge in [0.15, 0.2) is 0 Å². The first-order valence-corrected chi connectivity index (χ1v) is 9.08. The third-order valence-electron chi connectivity index (χ3n) is 3.79. The number of nitrogens with zero attached hydrogens (tertiary/aromatic N) is 3. The maximum absolute atomic E-state index is 11.9. The van der Waals surface area contributed by atoms with Gasteiger partial charge in [-0.05, 0) is 40.4 Å². The predicted molar refractivity (Wildman–Crippen MR) is 95.6 cm³/mol. The average molecular weight is 356 g/mol. The summed E-state index contributed by atoms with van der Waals surface area (Å²) < 4.78 is 23.8. The lowest BCUT2D eigenvalue weighted by atomic mass is 10.0. The Labute approximate surface area is 148 Å². The standard InChI is InChI=1S/C17H19N5O2S/c1-2-3-9-18-14-10-13(17-19-21-22-20-17)11-15(25(23)24)16(14)12-7-5-4-6-8-12/h4-8,10-11,18H,2-3,9H2,1H3,(H,23,24)(H,19,20,21,22)/p-1. The zero-order valence-corrected chi connectivity index (χ0v) is 14.5. The Bertz CT molecular complexity index is 853. The molecule has 25 heavy (non-hydrogen) atoms. The number of hydrogen-bond donors (Lipinski definition) is 2. The van der Waals surface area contributed by atoms with Gasteiger partial charge in [0, 0.05) is 28.3 Å². The third-order valence-corrected chi connectivity index (χ3v) is 4.47. The number of aromatic amines is 1. The van der Waals surface area contributed by atoms with Crippen LogP contribution in [0.4, 0.5) is 5.69 Å². The SMILES string of the molecule is CCCCNc1cc(-c2nn[nH]n2)cc(S(=O)[O-])c1-c1ccccc1. The summed E-state index contributed by atoms with van der Waals surface area (Å²) in [5, 5.41) is 17.2. The van der Waals surface area contributed by atoms with Crippen LogP contribution in [0.15, 0.2) is 47.4 Å². The summed E-state index contributed by atoms with van der Waals surface area (Å²) >= 11 is -2.41. The molecule has 0 aliphatic heterocycles. The molecule has 0 aliphatic carbocycles. The van der Waals surface area contributed by atoms with Gasteiger partial charge >= 0.3 is 0 Å². The smallest absolute Gasteiger partial charge is 0.204 e. The van der Waals surface area contributed by atoms with E-state index in [0.29, 0.717) is 17.0 Å². The number of benzene rings is 2. The number of nitrogens with one attached hydrogen (secondary N) is 2. The lowest BCUT2D eigenvalue weighted by Crippen LogP contribution is -2.06. The van der Waals surface area contributed by atoms with Gasteiger partial charge in [-0.3, -0.25) is 4.21 Å². The Hall–Kier alpha value is -2.58. The Morgan fingerprint density at radius 1 is 1.20 bits per heavy atom. The molecule has 0 bridgehead atoms. The minimum absolute atomic E-state index is 0.201. The first-order valence-electron chi connectivity index (χ1n) is 8.01. The Morgan fingerprint density at radius 3 is 2.64 bits per heavy atom. The molecule has 3 aromatic rings. The van der Waals surface area contributed by atoms with Crippen LogP contribution in [0.25, 0.3) is 22.5 Å². The van der Waals surface area contributed by atoms with E-state index in [1.807, 2.05) is 36.4 Å². The number of anilines is 1. The number of unbranched alkanes of at least 4 members (excludes halogenated alkanes) is 1. The zero-order chi connectivity index (χ0) is 17.6. The minimum atomic E-state index is -2.41. The van der Waals surface area contributed by atoms with Crippen molar-refractivity contribution in [2.24, 2.45) is 0 Å². The van der Waals surface area contributed by atoms with Crippen molar-refractivity contribution >= 4 is 16.8 Å². The van der Waals surface area contributed by atoms with Gasteiger partial charge in [0.25, 0.3) is 0 Å². The summed E-state index contributed by atoms with van der Waals surface area (Å²) in [6, 6.07) is 12.9. The van der Waals surface area contributed by atoms with Crippen molar-refractivity contribution in [1.82, 2.24) is 20.6 Å². The highest BCUT2D eigenvalue weighted by atomic mass is 32.2. The van der Waals surface area contributed by atoms with E-state index in [4.69, 9.17) is 0 Å². The van der Waals surface area contributed by atoms with E-state index in [1.165, 1.54) is 0 Å². The van der Waals surface area contributed by atoms with Gasteiger partial charge in [-0.2, -0.15) is 5.21 Å². The Balaban J connectivity index is 2.17. The van der Waals surface area contributed by atoms with Crippen LogP contribution in [-0.4, -0.2) is 35.9 Å². The van der Waals surface area contributed by atoms with Gasteiger partial charge in [0.2, 0.25) is 5.82 Å². The number of H-pyrrole nitrogens is 1. The molecule has 0 saturated carbocycles. The molecule has 2 aromatic carbocycles. The summed E-state index contributed by atoms with van der Waals surface area (Å²) in [6.45, 7) is 2.85. The van der Waals surface area contributed by atoms with Crippen LogP contribution in [0.2, 0.25) is 0 Å². The Morgan fingerprint density at radius 2 is 2.00 bits per heavy atom. The molecule has 1 aromatic heterocycles. The van der Waals surface area contributed by atoms with Gasteiger partial charge in [0.05, 0.1) is 0 Å². The highest BCUT2D eigenvalue weighted by Crippen LogP contribution is 2.37.